The van der Waals surface area contributed by atoms with Gasteiger partial charge < -0.3 is 23.2 Å². The van der Waals surface area contributed by atoms with Gasteiger partial charge in [-0.05, 0) is 38.1 Å². The van der Waals surface area contributed by atoms with Gasteiger partial charge in [-0.15, -0.1) is 6.58 Å². The molecule has 0 aliphatic carbocycles. The van der Waals surface area contributed by atoms with Crippen molar-refractivity contribution in [3.63, 3.8) is 0 Å². The summed E-state index contributed by atoms with van der Waals surface area (Å²) in [6, 6.07) is 0. The Morgan fingerprint density at radius 1 is 1.26 bits per heavy atom. The zero-order valence-corrected chi connectivity index (χ0v) is 20.8. The largest absolute Gasteiger partial charge is 0.534 e. The minimum Gasteiger partial charge on any atom is -0.411 e. The fourth-order valence-electron chi connectivity index (χ4n) is 2.71. The summed E-state index contributed by atoms with van der Waals surface area (Å²) in [7, 11) is -8.41. The second kappa shape index (κ2) is 9.52. The lowest BCUT2D eigenvalue weighted by Gasteiger charge is -2.41. The van der Waals surface area contributed by atoms with Gasteiger partial charge in [-0.1, -0.05) is 26.8 Å². The molecule has 0 radical (unpaired) electrons. The van der Waals surface area contributed by atoms with E-state index in [1.165, 1.54) is 6.08 Å². The van der Waals surface area contributed by atoms with Crippen molar-refractivity contribution in [3.8, 4) is 0 Å². The summed E-state index contributed by atoms with van der Waals surface area (Å²) in [5.41, 5.74) is -5.62. The minimum atomic E-state index is -5.92. The van der Waals surface area contributed by atoms with Crippen LogP contribution in [0.15, 0.2) is 24.5 Å². The predicted molar refractivity (Wildman–Crippen MR) is 112 cm³/mol. The van der Waals surface area contributed by atoms with E-state index in [1.54, 1.807) is 13.8 Å². The van der Waals surface area contributed by atoms with E-state index >= 15 is 0 Å². The second-order valence-corrected chi connectivity index (χ2v) is 15.6. The zero-order valence-electron chi connectivity index (χ0n) is 18.9. The SMILES string of the molecule is C=C[C@H]1OC(C)(C)O[C@@H]1[C@@H](C/C(=C/CO)OS(=O)(=O)C(F)(F)F)O[Si](C)(C)C(C)(C)C. The van der Waals surface area contributed by atoms with Gasteiger partial charge in [-0.25, -0.2) is 0 Å². The second-order valence-electron chi connectivity index (χ2n) is 9.26. The molecule has 1 N–H and O–H groups in total. The number of halogens is 3. The number of aliphatic hydroxyl groups is 1. The van der Waals surface area contributed by atoms with Crippen LogP contribution in [0.3, 0.4) is 0 Å². The summed E-state index contributed by atoms with van der Waals surface area (Å²) in [5.74, 6) is -1.61. The highest BCUT2D eigenvalue weighted by atomic mass is 32.2. The van der Waals surface area contributed by atoms with Crippen LogP contribution in [0.1, 0.15) is 41.0 Å². The summed E-state index contributed by atoms with van der Waals surface area (Å²) in [6.07, 6.45) is -0.414. The van der Waals surface area contributed by atoms with Gasteiger partial charge in [0, 0.05) is 6.42 Å². The summed E-state index contributed by atoms with van der Waals surface area (Å²) in [4.78, 5) is 0. The maximum absolute atomic E-state index is 12.8. The van der Waals surface area contributed by atoms with Crippen LogP contribution in [-0.4, -0.2) is 58.1 Å². The Kier molecular flexibility index (Phi) is 8.63. The third-order valence-electron chi connectivity index (χ3n) is 5.24. The van der Waals surface area contributed by atoms with E-state index in [0.717, 1.165) is 6.08 Å². The van der Waals surface area contributed by atoms with Gasteiger partial charge in [0.1, 0.15) is 18.0 Å². The zero-order chi connectivity index (χ0) is 24.5. The molecule has 0 unspecified atom stereocenters. The number of hydrogen-bond acceptors (Lipinski definition) is 7. The van der Waals surface area contributed by atoms with Crippen LogP contribution >= 0.6 is 0 Å². The van der Waals surface area contributed by atoms with Gasteiger partial charge in [0.05, 0.1) is 12.7 Å². The van der Waals surface area contributed by atoms with Crippen molar-refractivity contribution in [1.29, 1.82) is 0 Å². The molecule has 31 heavy (non-hydrogen) atoms. The van der Waals surface area contributed by atoms with Crippen LogP contribution in [0, 0.1) is 0 Å². The lowest BCUT2D eigenvalue weighted by Crippen LogP contribution is -2.49. The molecule has 1 rings (SSSR count). The molecule has 1 heterocycles. The fourth-order valence-corrected chi connectivity index (χ4v) is 4.55. The smallest absolute Gasteiger partial charge is 0.411 e. The molecule has 0 spiro atoms. The van der Waals surface area contributed by atoms with Crippen LogP contribution in [0.2, 0.25) is 18.1 Å². The molecule has 0 saturated carbocycles. The van der Waals surface area contributed by atoms with E-state index in [2.05, 4.69) is 10.8 Å². The van der Waals surface area contributed by atoms with E-state index in [4.69, 9.17) is 13.9 Å². The Labute approximate surface area is 183 Å². The summed E-state index contributed by atoms with van der Waals surface area (Å²) < 4.78 is 84.0. The Morgan fingerprint density at radius 3 is 2.23 bits per heavy atom. The van der Waals surface area contributed by atoms with E-state index in [-0.39, 0.29) is 5.04 Å². The quantitative estimate of drug-likeness (QED) is 0.170. The average molecular weight is 491 g/mol. The topological polar surface area (TPSA) is 91.3 Å². The third kappa shape index (κ3) is 7.29. The van der Waals surface area contributed by atoms with Crippen LogP contribution in [-0.2, 0) is 28.2 Å². The number of rotatable bonds is 9. The predicted octanol–water partition coefficient (Wildman–Crippen LogP) is 4.22. The maximum Gasteiger partial charge on any atom is 0.534 e. The molecule has 0 aromatic heterocycles. The van der Waals surface area contributed by atoms with Crippen molar-refractivity contribution in [3.05, 3.63) is 24.5 Å². The minimum absolute atomic E-state index is 0.260. The van der Waals surface area contributed by atoms with E-state index in [0.29, 0.717) is 0 Å². The van der Waals surface area contributed by atoms with Crippen LogP contribution < -0.4 is 0 Å². The monoisotopic (exact) mass is 490 g/mol. The lowest BCUT2D eigenvalue weighted by molar-refractivity contribution is -0.152. The molecule has 0 aromatic rings. The molecule has 1 fully saturated rings. The Morgan fingerprint density at radius 2 is 1.81 bits per heavy atom. The standard InChI is InChI=1S/C19H33F3O7SSi/c1-9-14-16(27-18(5,6)26-14)15(29-31(7,8)17(2,3)4)12-13(10-11-23)28-30(24,25)19(20,21)22/h9-10,14-16,23H,1,11-12H2,2-8H3/b13-10-/t14-,15-,16+/m1/s1. The first-order valence-corrected chi connectivity index (χ1v) is 14.0. The van der Waals surface area contributed by atoms with Gasteiger partial charge in [0.15, 0.2) is 14.1 Å². The molecule has 0 bridgehead atoms. The molecule has 1 saturated heterocycles. The van der Waals surface area contributed by atoms with Gasteiger partial charge >= 0.3 is 15.6 Å². The van der Waals surface area contributed by atoms with Crippen LogP contribution in [0.4, 0.5) is 13.2 Å². The van der Waals surface area contributed by atoms with Gasteiger partial charge in [0.25, 0.3) is 0 Å². The lowest BCUT2D eigenvalue weighted by atomic mass is 10.0. The van der Waals surface area contributed by atoms with Crippen molar-refractivity contribution in [2.45, 2.75) is 88.8 Å². The molecular formula is C19H33F3O7SSi. The third-order valence-corrected chi connectivity index (χ3v) is 10.7. The van der Waals surface area contributed by atoms with Crippen molar-refractivity contribution in [1.82, 2.24) is 0 Å². The number of hydrogen-bond donors (Lipinski definition) is 1. The molecular weight excluding hydrogens is 457 g/mol. The highest BCUT2D eigenvalue weighted by molar-refractivity contribution is 7.87. The number of aliphatic hydroxyl groups excluding tert-OH is 1. The average Bonchev–Trinajstić information content (AvgIpc) is 2.86. The van der Waals surface area contributed by atoms with Crippen LogP contribution in [0.25, 0.3) is 0 Å². The Bertz CT molecular complexity index is 770. The van der Waals surface area contributed by atoms with Gasteiger partial charge in [0.2, 0.25) is 0 Å². The number of ether oxygens (including phenoxy) is 2. The first kappa shape index (κ1) is 28.1. The normalized spacial score (nSPS) is 24.2. The molecule has 0 aromatic carbocycles. The van der Waals surface area contributed by atoms with Gasteiger partial charge in [-0.2, -0.15) is 21.6 Å². The van der Waals surface area contributed by atoms with Gasteiger partial charge in [-0.3, -0.25) is 0 Å². The molecule has 7 nitrogen and oxygen atoms in total. The number of alkyl halides is 3. The molecule has 1 aliphatic heterocycles. The first-order valence-electron chi connectivity index (χ1n) is 9.73. The fraction of sp³-hybridized carbons (Fsp3) is 0.789. The summed E-state index contributed by atoms with van der Waals surface area (Å²) in [5, 5.41) is 8.96. The van der Waals surface area contributed by atoms with E-state index in [1.807, 2.05) is 33.9 Å². The van der Waals surface area contributed by atoms with E-state index in [9.17, 15) is 26.7 Å². The first-order chi connectivity index (χ1) is 13.8. The molecule has 12 heteroatoms. The summed E-state index contributed by atoms with van der Waals surface area (Å²) in [6.45, 7) is 16.1. The molecule has 0 amide bonds. The Balaban J connectivity index is 3.35. The molecule has 1 aliphatic rings. The highest BCUT2D eigenvalue weighted by Gasteiger charge is 2.51. The van der Waals surface area contributed by atoms with Crippen LogP contribution in [0.5, 0.6) is 0 Å². The Hall–Kier alpha value is -0.923. The van der Waals surface area contributed by atoms with Crippen molar-refractivity contribution in [2.75, 3.05) is 6.61 Å². The molecule has 3 atom stereocenters. The highest BCUT2D eigenvalue weighted by Crippen LogP contribution is 2.41. The van der Waals surface area contributed by atoms with Crippen molar-refractivity contribution < 1.29 is 44.8 Å². The van der Waals surface area contributed by atoms with Crippen molar-refractivity contribution in [2.24, 2.45) is 0 Å². The maximum atomic E-state index is 12.8. The molecule has 182 valence electrons. The van der Waals surface area contributed by atoms with E-state index < -0.39 is 66.8 Å². The van der Waals surface area contributed by atoms with Crippen molar-refractivity contribution >= 4 is 18.4 Å². The summed E-state index contributed by atoms with van der Waals surface area (Å²) >= 11 is 0.